The van der Waals surface area contributed by atoms with Gasteiger partial charge in [-0.2, -0.15) is 0 Å². The molecule has 3 nitrogen and oxygen atoms in total. The van der Waals surface area contributed by atoms with Gasteiger partial charge in [0.05, 0.1) is 6.33 Å². The molecular weight excluding hydrogens is 317 g/mol. The molecule has 4 heteroatoms. The Morgan fingerprint density at radius 3 is 2.76 bits per heavy atom. The molecule has 0 unspecified atom stereocenters. The molecule has 1 aliphatic rings. The Labute approximate surface area is 147 Å². The fraction of sp³-hybridized carbons (Fsp3) is 0.286. The van der Waals surface area contributed by atoms with Crippen LogP contribution in [0.25, 0.3) is 0 Å². The summed E-state index contributed by atoms with van der Waals surface area (Å²) in [5.41, 5.74) is 3.47. The standard InChI is InChI=1S/C21H22FNO2/c1-2-16(13-22)15-25-19-8-9-20-18(12-19)10-11-23(21(20)24)14-17-6-4-3-5-7-17/h3-9,12-13H,2,10-11,14-15H2,1H3. The smallest absolute Gasteiger partial charge is 0.254 e. The predicted octanol–water partition coefficient (Wildman–Crippen LogP) is 4.53. The Balaban J connectivity index is 1.70. The van der Waals surface area contributed by atoms with E-state index >= 15 is 0 Å². The molecule has 25 heavy (non-hydrogen) atoms. The molecule has 0 saturated heterocycles. The van der Waals surface area contributed by atoms with Crippen LogP contribution in [0.15, 0.2) is 60.4 Å². The lowest BCUT2D eigenvalue weighted by molar-refractivity contribution is 0.0727. The summed E-state index contributed by atoms with van der Waals surface area (Å²) < 4.78 is 18.3. The van der Waals surface area contributed by atoms with Crippen LogP contribution >= 0.6 is 0 Å². The molecule has 1 heterocycles. The molecule has 1 amide bonds. The zero-order valence-corrected chi connectivity index (χ0v) is 14.4. The molecule has 1 aliphatic heterocycles. The Kier molecular flexibility index (Phi) is 5.49. The Hall–Kier alpha value is -2.62. The van der Waals surface area contributed by atoms with Crippen molar-refractivity contribution in [3.05, 3.63) is 77.1 Å². The van der Waals surface area contributed by atoms with E-state index in [1.807, 2.05) is 54.3 Å². The topological polar surface area (TPSA) is 29.5 Å². The van der Waals surface area contributed by atoms with Gasteiger partial charge in [-0.3, -0.25) is 4.79 Å². The molecule has 0 saturated carbocycles. The number of carbonyl (C=O) groups excluding carboxylic acids is 1. The van der Waals surface area contributed by atoms with E-state index < -0.39 is 0 Å². The number of halogens is 1. The van der Waals surface area contributed by atoms with Crippen LogP contribution in [0.2, 0.25) is 0 Å². The third kappa shape index (κ3) is 4.08. The van der Waals surface area contributed by atoms with E-state index in [2.05, 4.69) is 0 Å². The van der Waals surface area contributed by atoms with Gasteiger partial charge < -0.3 is 9.64 Å². The summed E-state index contributed by atoms with van der Waals surface area (Å²) in [5, 5.41) is 0. The summed E-state index contributed by atoms with van der Waals surface area (Å²) in [6.07, 6.45) is 2.02. The highest BCUT2D eigenvalue weighted by Gasteiger charge is 2.24. The molecule has 0 fully saturated rings. The van der Waals surface area contributed by atoms with Crippen molar-refractivity contribution in [1.82, 2.24) is 4.90 Å². The number of nitrogens with zero attached hydrogens (tertiary/aromatic N) is 1. The fourth-order valence-corrected chi connectivity index (χ4v) is 2.94. The van der Waals surface area contributed by atoms with Crippen LogP contribution < -0.4 is 4.74 Å². The fourth-order valence-electron chi connectivity index (χ4n) is 2.94. The van der Waals surface area contributed by atoms with Crippen molar-refractivity contribution in [1.29, 1.82) is 0 Å². The third-order valence-electron chi connectivity index (χ3n) is 4.49. The summed E-state index contributed by atoms with van der Waals surface area (Å²) in [5.74, 6) is 0.727. The lowest BCUT2D eigenvalue weighted by Crippen LogP contribution is -2.37. The highest BCUT2D eigenvalue weighted by Crippen LogP contribution is 2.25. The zero-order valence-electron chi connectivity index (χ0n) is 14.4. The zero-order chi connectivity index (χ0) is 17.6. The van der Waals surface area contributed by atoms with Gasteiger partial charge in [-0.1, -0.05) is 37.3 Å². The monoisotopic (exact) mass is 339 g/mol. The maximum Gasteiger partial charge on any atom is 0.254 e. The van der Waals surface area contributed by atoms with Crippen molar-refractivity contribution in [3.8, 4) is 5.75 Å². The molecule has 0 radical (unpaired) electrons. The lowest BCUT2D eigenvalue weighted by atomic mass is 9.98. The molecule has 2 aromatic rings. The van der Waals surface area contributed by atoms with Crippen LogP contribution in [0.5, 0.6) is 5.75 Å². The van der Waals surface area contributed by atoms with E-state index in [0.717, 1.165) is 23.1 Å². The number of hydrogen-bond acceptors (Lipinski definition) is 2. The van der Waals surface area contributed by atoms with Gasteiger partial charge in [-0.05, 0) is 47.7 Å². The van der Waals surface area contributed by atoms with E-state index in [0.29, 0.717) is 37.2 Å². The van der Waals surface area contributed by atoms with Gasteiger partial charge in [0, 0.05) is 18.7 Å². The molecule has 0 N–H and O–H groups in total. The largest absolute Gasteiger partial charge is 0.489 e. The number of fused-ring (bicyclic) bond motifs is 1. The highest BCUT2D eigenvalue weighted by atomic mass is 19.1. The van der Waals surface area contributed by atoms with Crippen LogP contribution in [0, 0.1) is 0 Å². The molecule has 0 spiro atoms. The first kappa shape index (κ1) is 17.2. The van der Waals surface area contributed by atoms with Crippen molar-refractivity contribution in [2.75, 3.05) is 13.2 Å². The molecule has 0 bridgehead atoms. The van der Waals surface area contributed by atoms with Crippen molar-refractivity contribution in [2.24, 2.45) is 0 Å². The van der Waals surface area contributed by atoms with Crippen LogP contribution in [0.1, 0.15) is 34.8 Å². The summed E-state index contributed by atoms with van der Waals surface area (Å²) in [6.45, 7) is 3.44. The van der Waals surface area contributed by atoms with E-state index in [4.69, 9.17) is 4.74 Å². The van der Waals surface area contributed by atoms with Crippen LogP contribution in [0.4, 0.5) is 4.39 Å². The SMILES string of the molecule is CCC(=CF)COc1ccc2c(c1)CCN(Cc1ccccc1)C2=O. The minimum absolute atomic E-state index is 0.0505. The Morgan fingerprint density at radius 2 is 2.04 bits per heavy atom. The first-order valence-corrected chi connectivity index (χ1v) is 8.58. The van der Waals surface area contributed by atoms with Crippen molar-refractivity contribution < 1.29 is 13.9 Å². The molecule has 3 rings (SSSR count). The number of benzene rings is 2. The van der Waals surface area contributed by atoms with Gasteiger partial charge in [-0.25, -0.2) is 4.39 Å². The number of carbonyl (C=O) groups is 1. The lowest BCUT2D eigenvalue weighted by Gasteiger charge is -2.29. The highest BCUT2D eigenvalue weighted by molar-refractivity contribution is 5.96. The molecule has 0 aliphatic carbocycles. The van der Waals surface area contributed by atoms with E-state index in [1.54, 1.807) is 6.07 Å². The van der Waals surface area contributed by atoms with Gasteiger partial charge >= 0.3 is 0 Å². The second-order valence-corrected chi connectivity index (χ2v) is 6.19. The van der Waals surface area contributed by atoms with Gasteiger partial charge in [0.25, 0.3) is 5.91 Å². The minimum atomic E-state index is 0.0505. The van der Waals surface area contributed by atoms with Gasteiger partial charge in [0.15, 0.2) is 0 Å². The van der Waals surface area contributed by atoms with E-state index in [1.165, 1.54) is 0 Å². The van der Waals surface area contributed by atoms with E-state index in [-0.39, 0.29) is 12.5 Å². The molecule has 0 aromatic heterocycles. The number of rotatable bonds is 6. The molecule has 130 valence electrons. The molecular formula is C21H22FNO2. The second kappa shape index (κ2) is 7.97. The maximum atomic E-state index is 12.7. The summed E-state index contributed by atoms with van der Waals surface area (Å²) in [7, 11) is 0. The predicted molar refractivity (Wildman–Crippen MR) is 96.3 cm³/mol. The van der Waals surface area contributed by atoms with E-state index in [9.17, 15) is 9.18 Å². The first-order valence-electron chi connectivity index (χ1n) is 8.58. The third-order valence-corrected chi connectivity index (χ3v) is 4.49. The average molecular weight is 339 g/mol. The molecule has 0 atom stereocenters. The number of ether oxygens (including phenoxy) is 1. The van der Waals surface area contributed by atoms with Crippen LogP contribution in [-0.2, 0) is 13.0 Å². The average Bonchev–Trinajstić information content (AvgIpc) is 2.66. The molecule has 2 aromatic carbocycles. The van der Waals surface area contributed by atoms with Gasteiger partial charge in [0.2, 0.25) is 0 Å². The summed E-state index contributed by atoms with van der Waals surface area (Å²) in [4.78, 5) is 14.6. The summed E-state index contributed by atoms with van der Waals surface area (Å²) >= 11 is 0. The maximum absolute atomic E-state index is 12.7. The minimum Gasteiger partial charge on any atom is -0.489 e. The van der Waals surface area contributed by atoms with Crippen LogP contribution in [-0.4, -0.2) is 24.0 Å². The Bertz CT molecular complexity index is 771. The second-order valence-electron chi connectivity index (χ2n) is 6.19. The normalized spacial score (nSPS) is 14.4. The van der Waals surface area contributed by atoms with Gasteiger partial charge in [-0.15, -0.1) is 0 Å². The van der Waals surface area contributed by atoms with Crippen molar-refractivity contribution in [2.45, 2.75) is 26.3 Å². The number of amides is 1. The first-order chi connectivity index (χ1) is 12.2. The van der Waals surface area contributed by atoms with Gasteiger partial charge in [0.1, 0.15) is 12.4 Å². The quantitative estimate of drug-likeness (QED) is 0.774. The Morgan fingerprint density at radius 1 is 1.24 bits per heavy atom. The van der Waals surface area contributed by atoms with Crippen molar-refractivity contribution >= 4 is 5.91 Å². The summed E-state index contributed by atoms with van der Waals surface area (Å²) in [6, 6.07) is 15.5. The van der Waals surface area contributed by atoms with Crippen LogP contribution in [0.3, 0.4) is 0 Å². The number of hydrogen-bond donors (Lipinski definition) is 0. The van der Waals surface area contributed by atoms with Crippen molar-refractivity contribution in [3.63, 3.8) is 0 Å².